The third-order valence-corrected chi connectivity index (χ3v) is 2.61. The van der Waals surface area contributed by atoms with E-state index in [0.29, 0.717) is 12.1 Å². The van der Waals surface area contributed by atoms with E-state index in [2.05, 4.69) is 5.32 Å². The van der Waals surface area contributed by atoms with Crippen molar-refractivity contribution in [2.75, 3.05) is 19.8 Å². The second-order valence-electron chi connectivity index (χ2n) is 3.95. The molecule has 0 radical (unpaired) electrons. The fraction of sp³-hybridized carbons (Fsp3) is 0.385. The average molecular weight is 251 g/mol. The predicted molar refractivity (Wildman–Crippen MR) is 66.7 cm³/mol. The molecule has 98 valence electrons. The first kappa shape index (κ1) is 14.2. The number of aliphatic carboxylic acids is 1. The van der Waals surface area contributed by atoms with Crippen LogP contribution in [0.1, 0.15) is 21.5 Å². The summed E-state index contributed by atoms with van der Waals surface area (Å²) in [6.45, 7) is 3.97. The van der Waals surface area contributed by atoms with Crippen LogP contribution < -0.4 is 5.32 Å². The molecule has 2 N–H and O–H groups in total. The second kappa shape index (κ2) is 6.76. The van der Waals surface area contributed by atoms with Gasteiger partial charge < -0.3 is 15.2 Å². The van der Waals surface area contributed by atoms with Gasteiger partial charge in [0.1, 0.15) is 6.61 Å². The molecule has 0 unspecified atom stereocenters. The van der Waals surface area contributed by atoms with Crippen molar-refractivity contribution in [1.29, 1.82) is 0 Å². The summed E-state index contributed by atoms with van der Waals surface area (Å²) in [7, 11) is 0. The first-order valence-electron chi connectivity index (χ1n) is 5.66. The molecule has 0 aliphatic heterocycles. The zero-order chi connectivity index (χ0) is 13.5. The topological polar surface area (TPSA) is 75.6 Å². The van der Waals surface area contributed by atoms with Gasteiger partial charge >= 0.3 is 5.97 Å². The molecule has 0 saturated heterocycles. The lowest BCUT2D eigenvalue weighted by Crippen LogP contribution is -2.28. The van der Waals surface area contributed by atoms with Crippen LogP contribution in [0.5, 0.6) is 0 Å². The molecule has 0 saturated carbocycles. The van der Waals surface area contributed by atoms with Gasteiger partial charge in [-0.25, -0.2) is 4.79 Å². The van der Waals surface area contributed by atoms with Gasteiger partial charge in [0.05, 0.1) is 6.61 Å². The Morgan fingerprint density at radius 3 is 2.72 bits per heavy atom. The van der Waals surface area contributed by atoms with E-state index >= 15 is 0 Å². The smallest absolute Gasteiger partial charge is 0.329 e. The first-order chi connectivity index (χ1) is 8.52. The molecule has 0 atom stereocenters. The summed E-state index contributed by atoms with van der Waals surface area (Å²) in [5, 5.41) is 11.0. The van der Waals surface area contributed by atoms with E-state index in [1.807, 2.05) is 26.0 Å². The number of carbonyl (C=O) groups excluding carboxylic acids is 1. The van der Waals surface area contributed by atoms with E-state index in [1.165, 1.54) is 0 Å². The number of ether oxygens (including phenoxy) is 1. The normalized spacial score (nSPS) is 10.1. The molecule has 0 aliphatic rings. The minimum absolute atomic E-state index is 0.171. The Hall–Kier alpha value is -1.88. The maximum Gasteiger partial charge on any atom is 0.329 e. The summed E-state index contributed by atoms with van der Waals surface area (Å²) < 4.78 is 4.82. The van der Waals surface area contributed by atoms with Crippen molar-refractivity contribution < 1.29 is 19.4 Å². The number of amides is 1. The SMILES string of the molecule is Cc1cccc(C(=O)NCCOCC(=O)O)c1C. The van der Waals surface area contributed by atoms with Crippen LogP contribution in [0.15, 0.2) is 18.2 Å². The molecule has 0 aromatic heterocycles. The van der Waals surface area contributed by atoms with Crippen molar-refractivity contribution in [2.45, 2.75) is 13.8 Å². The molecule has 1 aromatic carbocycles. The Morgan fingerprint density at radius 1 is 1.33 bits per heavy atom. The monoisotopic (exact) mass is 251 g/mol. The number of rotatable bonds is 6. The first-order valence-corrected chi connectivity index (χ1v) is 5.66. The highest BCUT2D eigenvalue weighted by atomic mass is 16.5. The standard InChI is InChI=1S/C13H17NO4/c1-9-4-3-5-11(10(9)2)13(17)14-6-7-18-8-12(15)16/h3-5H,6-8H2,1-2H3,(H,14,17)(H,15,16). The molecule has 0 bridgehead atoms. The summed E-state index contributed by atoms with van der Waals surface area (Å²) in [5.41, 5.74) is 2.64. The highest BCUT2D eigenvalue weighted by molar-refractivity contribution is 5.95. The maximum atomic E-state index is 11.8. The van der Waals surface area contributed by atoms with Gasteiger partial charge in [0, 0.05) is 12.1 Å². The van der Waals surface area contributed by atoms with Crippen LogP contribution >= 0.6 is 0 Å². The molecule has 1 amide bonds. The van der Waals surface area contributed by atoms with Gasteiger partial charge in [-0.05, 0) is 31.0 Å². The molecule has 18 heavy (non-hydrogen) atoms. The number of aryl methyl sites for hydroxylation is 1. The molecule has 5 nitrogen and oxygen atoms in total. The number of benzene rings is 1. The number of hydrogen-bond acceptors (Lipinski definition) is 3. The molecule has 1 rings (SSSR count). The lowest BCUT2D eigenvalue weighted by Gasteiger charge is -2.09. The number of carboxylic acids is 1. The number of hydrogen-bond donors (Lipinski definition) is 2. The van der Waals surface area contributed by atoms with Crippen molar-refractivity contribution in [3.63, 3.8) is 0 Å². The predicted octanol–water partition coefficient (Wildman–Crippen LogP) is 1.13. The molecular weight excluding hydrogens is 234 g/mol. The van der Waals surface area contributed by atoms with Gasteiger partial charge in [-0.3, -0.25) is 4.79 Å². The quantitative estimate of drug-likeness (QED) is 0.743. The fourth-order valence-electron chi connectivity index (χ4n) is 1.49. The van der Waals surface area contributed by atoms with Crippen LogP contribution in [0.2, 0.25) is 0 Å². The van der Waals surface area contributed by atoms with Crippen molar-refractivity contribution >= 4 is 11.9 Å². The summed E-state index contributed by atoms with van der Waals surface area (Å²) in [6.07, 6.45) is 0. The minimum atomic E-state index is -1.02. The van der Waals surface area contributed by atoms with Gasteiger partial charge in [-0.1, -0.05) is 12.1 Å². The van der Waals surface area contributed by atoms with Gasteiger partial charge in [-0.15, -0.1) is 0 Å². The van der Waals surface area contributed by atoms with Crippen molar-refractivity contribution in [3.8, 4) is 0 Å². The molecule has 5 heteroatoms. The van der Waals surface area contributed by atoms with E-state index in [1.54, 1.807) is 6.07 Å². The fourth-order valence-corrected chi connectivity index (χ4v) is 1.49. The maximum absolute atomic E-state index is 11.8. The van der Waals surface area contributed by atoms with E-state index in [4.69, 9.17) is 9.84 Å². The molecule has 0 spiro atoms. The number of carbonyl (C=O) groups is 2. The van der Waals surface area contributed by atoms with E-state index in [-0.39, 0.29) is 19.1 Å². The Balaban J connectivity index is 2.41. The lowest BCUT2D eigenvalue weighted by atomic mass is 10.0. The summed E-state index contributed by atoms with van der Waals surface area (Å²) in [4.78, 5) is 22.0. The molecule has 1 aromatic rings. The Labute approximate surface area is 106 Å². The summed E-state index contributed by atoms with van der Waals surface area (Å²) >= 11 is 0. The second-order valence-corrected chi connectivity index (χ2v) is 3.95. The molecule has 0 fully saturated rings. The van der Waals surface area contributed by atoms with Gasteiger partial charge in [-0.2, -0.15) is 0 Å². The molecule has 0 aliphatic carbocycles. The van der Waals surface area contributed by atoms with Crippen LogP contribution in [0.3, 0.4) is 0 Å². The zero-order valence-electron chi connectivity index (χ0n) is 10.5. The third kappa shape index (κ3) is 4.18. The zero-order valence-corrected chi connectivity index (χ0v) is 10.5. The Bertz CT molecular complexity index is 443. The average Bonchev–Trinajstić information content (AvgIpc) is 2.31. The van der Waals surface area contributed by atoms with Crippen LogP contribution in [0.4, 0.5) is 0 Å². The van der Waals surface area contributed by atoms with Crippen LogP contribution in [-0.2, 0) is 9.53 Å². The van der Waals surface area contributed by atoms with E-state index < -0.39 is 5.97 Å². The minimum Gasteiger partial charge on any atom is -0.480 e. The number of nitrogens with one attached hydrogen (secondary N) is 1. The Kier molecular flexibility index (Phi) is 5.32. The van der Waals surface area contributed by atoms with Crippen LogP contribution in [0, 0.1) is 13.8 Å². The van der Waals surface area contributed by atoms with Crippen LogP contribution in [-0.4, -0.2) is 36.7 Å². The van der Waals surface area contributed by atoms with Crippen molar-refractivity contribution in [1.82, 2.24) is 5.32 Å². The largest absolute Gasteiger partial charge is 0.480 e. The summed E-state index contributed by atoms with van der Waals surface area (Å²) in [6, 6.07) is 5.54. The highest BCUT2D eigenvalue weighted by Crippen LogP contribution is 2.12. The lowest BCUT2D eigenvalue weighted by molar-refractivity contribution is -0.142. The summed E-state index contributed by atoms with van der Waals surface area (Å²) in [5.74, 6) is -1.19. The van der Waals surface area contributed by atoms with E-state index in [9.17, 15) is 9.59 Å². The Morgan fingerprint density at radius 2 is 2.06 bits per heavy atom. The molecule has 0 heterocycles. The molecular formula is C13H17NO4. The van der Waals surface area contributed by atoms with Gasteiger partial charge in [0.15, 0.2) is 0 Å². The third-order valence-electron chi connectivity index (χ3n) is 2.61. The van der Waals surface area contributed by atoms with Crippen molar-refractivity contribution in [2.24, 2.45) is 0 Å². The number of carboxylic acid groups (broad SMARTS) is 1. The van der Waals surface area contributed by atoms with Gasteiger partial charge in [0.2, 0.25) is 0 Å². The van der Waals surface area contributed by atoms with Crippen LogP contribution in [0.25, 0.3) is 0 Å². The highest BCUT2D eigenvalue weighted by Gasteiger charge is 2.09. The van der Waals surface area contributed by atoms with Crippen molar-refractivity contribution in [3.05, 3.63) is 34.9 Å². The van der Waals surface area contributed by atoms with E-state index in [0.717, 1.165) is 11.1 Å². The van der Waals surface area contributed by atoms with Gasteiger partial charge in [0.25, 0.3) is 5.91 Å².